The second-order valence-corrected chi connectivity index (χ2v) is 8.06. The Hall–Kier alpha value is -2.99. The summed E-state index contributed by atoms with van der Waals surface area (Å²) >= 11 is 5.90. The number of aromatic nitrogens is 1. The molecule has 6 nitrogen and oxygen atoms in total. The molecule has 1 aromatic heterocycles. The number of carbonyl (C=O) groups is 1. The zero-order chi connectivity index (χ0) is 22.2. The number of carbonyl (C=O) groups excluding carboxylic acids is 1. The first-order valence-corrected chi connectivity index (χ1v) is 10.6. The van der Waals surface area contributed by atoms with Crippen molar-refractivity contribution < 1.29 is 18.7 Å². The van der Waals surface area contributed by atoms with Crippen LogP contribution in [0.5, 0.6) is 11.5 Å². The van der Waals surface area contributed by atoms with Gasteiger partial charge in [-0.15, -0.1) is 0 Å². The molecule has 0 saturated carbocycles. The molecule has 0 spiro atoms. The van der Waals surface area contributed by atoms with Crippen molar-refractivity contribution in [1.82, 2.24) is 10.3 Å². The second kappa shape index (κ2) is 10.9. The van der Waals surface area contributed by atoms with E-state index in [2.05, 4.69) is 24.1 Å². The van der Waals surface area contributed by atoms with E-state index in [1.165, 1.54) is 6.26 Å². The average Bonchev–Trinajstić information content (AvgIpc) is 3.21. The van der Waals surface area contributed by atoms with Crippen LogP contribution in [0.1, 0.15) is 31.5 Å². The average molecular weight is 443 g/mol. The van der Waals surface area contributed by atoms with Crippen LogP contribution in [0, 0.1) is 5.92 Å². The number of amides is 1. The highest BCUT2D eigenvalue weighted by Crippen LogP contribution is 2.28. The molecule has 3 aromatic rings. The number of halogens is 1. The summed E-state index contributed by atoms with van der Waals surface area (Å²) in [6, 6.07) is 12.8. The van der Waals surface area contributed by atoms with Crippen LogP contribution in [0.15, 0.2) is 53.1 Å². The molecule has 0 unspecified atom stereocenters. The molecule has 1 N–H and O–H groups in total. The van der Waals surface area contributed by atoms with Crippen LogP contribution in [-0.4, -0.2) is 24.6 Å². The summed E-state index contributed by atoms with van der Waals surface area (Å²) in [6.45, 7) is 5.33. The van der Waals surface area contributed by atoms with E-state index >= 15 is 0 Å². The third kappa shape index (κ3) is 6.76. The molecule has 1 amide bonds. The Morgan fingerprint density at radius 2 is 1.94 bits per heavy atom. The Labute approximate surface area is 187 Å². The lowest BCUT2D eigenvalue weighted by atomic mass is 10.1. The fraction of sp³-hybridized carbons (Fsp3) is 0.333. The van der Waals surface area contributed by atoms with E-state index in [0.29, 0.717) is 47.2 Å². The Morgan fingerprint density at radius 3 is 2.65 bits per heavy atom. The molecule has 0 aliphatic heterocycles. The highest BCUT2D eigenvalue weighted by Gasteiger charge is 2.12. The lowest BCUT2D eigenvalue weighted by Crippen LogP contribution is -2.24. The van der Waals surface area contributed by atoms with E-state index in [1.807, 2.05) is 30.3 Å². The van der Waals surface area contributed by atoms with E-state index in [0.717, 1.165) is 17.5 Å². The van der Waals surface area contributed by atoms with Crippen LogP contribution in [-0.2, 0) is 17.8 Å². The standard InChI is InChI=1S/C24H27ClN2O4/c1-16(2)10-11-30-21-9-4-17(12-22(21)29-3)14-26-23(28)13-20-15-31-24(27-20)18-5-7-19(25)8-6-18/h4-9,12,15-16H,10-11,13-14H2,1-3H3,(H,26,28). The number of hydrogen-bond acceptors (Lipinski definition) is 5. The molecule has 7 heteroatoms. The summed E-state index contributed by atoms with van der Waals surface area (Å²) in [5.41, 5.74) is 2.29. The van der Waals surface area contributed by atoms with Gasteiger partial charge < -0.3 is 19.2 Å². The summed E-state index contributed by atoms with van der Waals surface area (Å²) in [5, 5.41) is 3.54. The molecular weight excluding hydrogens is 416 g/mol. The lowest BCUT2D eigenvalue weighted by molar-refractivity contribution is -0.120. The Kier molecular flexibility index (Phi) is 7.95. The van der Waals surface area contributed by atoms with Gasteiger partial charge in [-0.1, -0.05) is 31.5 Å². The van der Waals surface area contributed by atoms with Crippen molar-refractivity contribution in [3.05, 3.63) is 65.0 Å². The third-order valence-electron chi connectivity index (χ3n) is 4.66. The van der Waals surface area contributed by atoms with Gasteiger partial charge >= 0.3 is 0 Å². The highest BCUT2D eigenvalue weighted by atomic mass is 35.5. The quantitative estimate of drug-likeness (QED) is 0.462. The fourth-order valence-corrected chi connectivity index (χ4v) is 3.01. The topological polar surface area (TPSA) is 73.6 Å². The normalized spacial score (nSPS) is 10.9. The maximum atomic E-state index is 12.3. The number of oxazole rings is 1. The molecule has 0 radical (unpaired) electrons. The molecule has 0 aliphatic rings. The first-order chi connectivity index (χ1) is 14.9. The maximum Gasteiger partial charge on any atom is 0.226 e. The zero-order valence-electron chi connectivity index (χ0n) is 18.0. The van der Waals surface area contributed by atoms with Crippen LogP contribution in [0.2, 0.25) is 5.02 Å². The van der Waals surface area contributed by atoms with Gasteiger partial charge in [0.25, 0.3) is 0 Å². The van der Waals surface area contributed by atoms with E-state index < -0.39 is 0 Å². The predicted molar refractivity (Wildman–Crippen MR) is 120 cm³/mol. The van der Waals surface area contributed by atoms with Crippen molar-refractivity contribution in [3.8, 4) is 23.0 Å². The lowest BCUT2D eigenvalue weighted by Gasteiger charge is -2.13. The predicted octanol–water partition coefficient (Wildman–Crippen LogP) is 5.29. The SMILES string of the molecule is COc1cc(CNC(=O)Cc2coc(-c3ccc(Cl)cc3)n2)ccc1OCCC(C)C. The number of nitrogens with zero attached hydrogens (tertiary/aromatic N) is 1. The summed E-state index contributed by atoms with van der Waals surface area (Å²) in [7, 11) is 1.61. The van der Waals surface area contributed by atoms with Crippen LogP contribution < -0.4 is 14.8 Å². The molecule has 31 heavy (non-hydrogen) atoms. The molecular formula is C24H27ClN2O4. The monoisotopic (exact) mass is 442 g/mol. The number of nitrogens with one attached hydrogen (secondary N) is 1. The molecule has 0 aliphatic carbocycles. The van der Waals surface area contributed by atoms with Crippen LogP contribution in [0.3, 0.4) is 0 Å². The van der Waals surface area contributed by atoms with Gasteiger partial charge in [0.1, 0.15) is 6.26 Å². The van der Waals surface area contributed by atoms with Crippen molar-refractivity contribution in [3.63, 3.8) is 0 Å². The van der Waals surface area contributed by atoms with Crippen molar-refractivity contribution in [2.45, 2.75) is 33.2 Å². The van der Waals surface area contributed by atoms with Crippen LogP contribution in [0.4, 0.5) is 0 Å². The van der Waals surface area contributed by atoms with Crippen molar-refractivity contribution in [2.24, 2.45) is 5.92 Å². The number of rotatable bonds is 10. The summed E-state index contributed by atoms with van der Waals surface area (Å²) in [6.07, 6.45) is 2.60. The smallest absolute Gasteiger partial charge is 0.226 e. The Balaban J connectivity index is 1.53. The number of hydrogen-bond donors (Lipinski definition) is 1. The van der Waals surface area contributed by atoms with Crippen molar-refractivity contribution >= 4 is 17.5 Å². The molecule has 0 bridgehead atoms. The van der Waals surface area contributed by atoms with Crippen LogP contribution >= 0.6 is 11.6 Å². The van der Waals surface area contributed by atoms with Gasteiger partial charge in [0.2, 0.25) is 11.8 Å². The second-order valence-electron chi connectivity index (χ2n) is 7.62. The van der Waals surface area contributed by atoms with Crippen molar-refractivity contribution in [2.75, 3.05) is 13.7 Å². The summed E-state index contributed by atoms with van der Waals surface area (Å²) < 4.78 is 16.7. The van der Waals surface area contributed by atoms with E-state index in [9.17, 15) is 4.79 Å². The zero-order valence-corrected chi connectivity index (χ0v) is 18.7. The molecule has 0 fully saturated rings. The number of ether oxygens (including phenoxy) is 2. The molecule has 0 saturated heterocycles. The first-order valence-electron chi connectivity index (χ1n) is 10.2. The van der Waals surface area contributed by atoms with Crippen molar-refractivity contribution in [1.29, 1.82) is 0 Å². The van der Waals surface area contributed by atoms with Gasteiger partial charge in [-0.25, -0.2) is 4.98 Å². The van der Waals surface area contributed by atoms with E-state index in [-0.39, 0.29) is 12.3 Å². The molecule has 1 heterocycles. The minimum Gasteiger partial charge on any atom is -0.493 e. The molecule has 2 aromatic carbocycles. The fourth-order valence-electron chi connectivity index (χ4n) is 2.89. The number of methoxy groups -OCH3 is 1. The molecule has 0 atom stereocenters. The molecule has 164 valence electrons. The van der Waals surface area contributed by atoms with Gasteiger partial charge in [0, 0.05) is 17.1 Å². The van der Waals surface area contributed by atoms with Gasteiger partial charge in [-0.05, 0) is 54.3 Å². The summed E-state index contributed by atoms with van der Waals surface area (Å²) in [5.74, 6) is 2.24. The highest BCUT2D eigenvalue weighted by molar-refractivity contribution is 6.30. The van der Waals surface area contributed by atoms with E-state index in [4.69, 9.17) is 25.5 Å². The number of benzene rings is 2. The first kappa shape index (κ1) is 22.7. The largest absolute Gasteiger partial charge is 0.493 e. The Bertz CT molecular complexity index is 999. The summed E-state index contributed by atoms with van der Waals surface area (Å²) in [4.78, 5) is 16.7. The van der Waals surface area contributed by atoms with Gasteiger partial charge in [0.05, 0.1) is 25.8 Å². The molecule has 3 rings (SSSR count). The van der Waals surface area contributed by atoms with Gasteiger partial charge in [-0.2, -0.15) is 0 Å². The van der Waals surface area contributed by atoms with Gasteiger partial charge in [-0.3, -0.25) is 4.79 Å². The van der Waals surface area contributed by atoms with Gasteiger partial charge in [0.15, 0.2) is 11.5 Å². The van der Waals surface area contributed by atoms with E-state index in [1.54, 1.807) is 19.2 Å². The minimum absolute atomic E-state index is 0.130. The third-order valence-corrected chi connectivity index (χ3v) is 4.91. The van der Waals surface area contributed by atoms with Crippen LogP contribution in [0.25, 0.3) is 11.5 Å². The Morgan fingerprint density at radius 1 is 1.16 bits per heavy atom. The minimum atomic E-state index is -0.146. The maximum absolute atomic E-state index is 12.3.